The zero-order chi connectivity index (χ0) is 12.8. The Morgan fingerprint density at radius 2 is 1.71 bits per heavy atom. The maximum Gasteiger partial charge on any atom is 0.107 e. The summed E-state index contributed by atoms with van der Waals surface area (Å²) in [7, 11) is 0. The highest BCUT2D eigenvalue weighted by Gasteiger charge is 2.43. The molecule has 1 aromatic heterocycles. The third-order valence-electron chi connectivity index (χ3n) is 4.25. The van der Waals surface area contributed by atoms with Crippen molar-refractivity contribution in [2.75, 3.05) is 0 Å². The van der Waals surface area contributed by atoms with Gasteiger partial charge in [-0.25, -0.2) is 0 Å². The van der Waals surface area contributed by atoms with E-state index in [1.165, 1.54) is 17.7 Å². The second-order valence-corrected chi connectivity index (χ2v) is 7.65. The fraction of sp³-hybridized carbons (Fsp3) is 0.750. The maximum absolute atomic E-state index is 5.64. The molecule has 1 heterocycles. The molecule has 0 saturated carbocycles. The minimum absolute atomic E-state index is 0.303. The third-order valence-corrected chi connectivity index (χ3v) is 4.25. The van der Waals surface area contributed by atoms with Crippen molar-refractivity contribution in [3.63, 3.8) is 0 Å². The van der Waals surface area contributed by atoms with Crippen LogP contribution in [0.3, 0.4) is 0 Å². The Bertz CT molecular complexity index is 386. The lowest BCUT2D eigenvalue weighted by atomic mass is 9.58. The van der Waals surface area contributed by atoms with Crippen molar-refractivity contribution < 1.29 is 4.42 Å². The minimum atomic E-state index is 0.303. The zero-order valence-corrected chi connectivity index (χ0v) is 12.1. The molecule has 2 unspecified atom stereocenters. The summed E-state index contributed by atoms with van der Waals surface area (Å²) >= 11 is 0. The summed E-state index contributed by atoms with van der Waals surface area (Å²) in [5.41, 5.74) is 2.13. The molecular weight excluding hydrogens is 208 g/mol. The molecule has 1 aromatic rings. The van der Waals surface area contributed by atoms with E-state index in [2.05, 4.69) is 47.6 Å². The second kappa shape index (κ2) is 3.90. The van der Waals surface area contributed by atoms with Gasteiger partial charge in [0.1, 0.15) is 5.76 Å². The molecule has 2 rings (SSSR count). The van der Waals surface area contributed by atoms with Crippen molar-refractivity contribution in [1.29, 1.82) is 0 Å². The Hall–Kier alpha value is -0.720. The van der Waals surface area contributed by atoms with Crippen molar-refractivity contribution in [2.24, 2.45) is 16.7 Å². The lowest BCUT2D eigenvalue weighted by Gasteiger charge is -2.46. The average Bonchev–Trinajstić information content (AvgIpc) is 2.59. The van der Waals surface area contributed by atoms with Gasteiger partial charge in [0.05, 0.1) is 6.26 Å². The zero-order valence-electron chi connectivity index (χ0n) is 12.1. The van der Waals surface area contributed by atoms with Crippen LogP contribution in [0.2, 0.25) is 0 Å². The van der Waals surface area contributed by atoms with Crippen LogP contribution in [0.15, 0.2) is 16.7 Å². The van der Waals surface area contributed by atoms with Crippen molar-refractivity contribution in [3.8, 4) is 0 Å². The van der Waals surface area contributed by atoms with E-state index in [4.69, 9.17) is 4.42 Å². The van der Waals surface area contributed by atoms with E-state index in [9.17, 15) is 0 Å². The minimum Gasteiger partial charge on any atom is -0.469 e. The second-order valence-electron chi connectivity index (χ2n) is 7.65. The molecule has 0 spiro atoms. The Balaban J connectivity index is 2.46. The Morgan fingerprint density at radius 3 is 2.24 bits per heavy atom. The largest absolute Gasteiger partial charge is 0.469 e. The topological polar surface area (TPSA) is 13.1 Å². The van der Waals surface area contributed by atoms with Crippen LogP contribution in [-0.4, -0.2) is 0 Å². The van der Waals surface area contributed by atoms with Crippen LogP contribution in [0.4, 0.5) is 0 Å². The Kier molecular flexibility index (Phi) is 2.92. The van der Waals surface area contributed by atoms with Crippen LogP contribution < -0.4 is 0 Å². The van der Waals surface area contributed by atoms with Gasteiger partial charge in [-0.3, -0.25) is 0 Å². The first kappa shape index (κ1) is 12.7. The van der Waals surface area contributed by atoms with Gasteiger partial charge >= 0.3 is 0 Å². The first-order valence-electron chi connectivity index (χ1n) is 6.77. The SMILES string of the molecule is CC(C)(C)C1CCc2occc2C1C(C)(C)C. The summed E-state index contributed by atoms with van der Waals surface area (Å²) in [4.78, 5) is 0. The van der Waals surface area contributed by atoms with Crippen LogP contribution in [0.25, 0.3) is 0 Å². The van der Waals surface area contributed by atoms with Gasteiger partial charge in [-0.15, -0.1) is 0 Å². The number of hydrogen-bond acceptors (Lipinski definition) is 1. The molecule has 1 aliphatic rings. The highest BCUT2D eigenvalue weighted by molar-refractivity contribution is 5.28. The predicted octanol–water partition coefficient (Wildman–Crippen LogP) is 5.02. The normalized spacial score (nSPS) is 25.8. The number of aryl methyl sites for hydroxylation is 1. The molecule has 0 aromatic carbocycles. The summed E-state index contributed by atoms with van der Waals surface area (Å²) in [5, 5.41) is 0. The van der Waals surface area contributed by atoms with Gasteiger partial charge in [0.15, 0.2) is 0 Å². The fourth-order valence-electron chi connectivity index (χ4n) is 3.50. The monoisotopic (exact) mass is 234 g/mol. The molecule has 1 aliphatic carbocycles. The number of furan rings is 1. The van der Waals surface area contributed by atoms with Crippen LogP contribution >= 0.6 is 0 Å². The first-order valence-corrected chi connectivity index (χ1v) is 6.77. The third kappa shape index (κ3) is 2.29. The standard InChI is InChI=1S/C16H26O/c1-15(2,3)12-7-8-13-11(9-10-17-13)14(12)16(4,5)6/h9-10,12,14H,7-8H2,1-6H3. The fourth-order valence-corrected chi connectivity index (χ4v) is 3.50. The summed E-state index contributed by atoms with van der Waals surface area (Å²) in [5.74, 6) is 2.59. The molecule has 0 bridgehead atoms. The molecule has 2 atom stereocenters. The van der Waals surface area contributed by atoms with E-state index in [0.717, 1.165) is 12.3 Å². The summed E-state index contributed by atoms with van der Waals surface area (Å²) in [6.07, 6.45) is 4.23. The van der Waals surface area contributed by atoms with Crippen molar-refractivity contribution in [1.82, 2.24) is 0 Å². The van der Waals surface area contributed by atoms with Gasteiger partial charge in [0.2, 0.25) is 0 Å². The highest BCUT2D eigenvalue weighted by atomic mass is 16.3. The van der Waals surface area contributed by atoms with Crippen LogP contribution in [0.1, 0.15) is 65.2 Å². The maximum atomic E-state index is 5.64. The molecule has 0 fully saturated rings. The van der Waals surface area contributed by atoms with Crippen LogP contribution in [0.5, 0.6) is 0 Å². The van der Waals surface area contributed by atoms with E-state index >= 15 is 0 Å². The average molecular weight is 234 g/mol. The molecule has 17 heavy (non-hydrogen) atoms. The van der Waals surface area contributed by atoms with E-state index < -0.39 is 0 Å². The molecule has 0 amide bonds. The lowest BCUT2D eigenvalue weighted by molar-refractivity contribution is 0.105. The molecule has 0 N–H and O–H groups in total. The molecule has 1 nitrogen and oxygen atoms in total. The molecule has 96 valence electrons. The molecule has 0 saturated heterocycles. The highest BCUT2D eigenvalue weighted by Crippen LogP contribution is 2.53. The molecule has 0 aliphatic heterocycles. The van der Waals surface area contributed by atoms with Gasteiger partial charge < -0.3 is 4.42 Å². The van der Waals surface area contributed by atoms with Crippen molar-refractivity contribution >= 4 is 0 Å². The van der Waals surface area contributed by atoms with Crippen molar-refractivity contribution in [3.05, 3.63) is 23.7 Å². The van der Waals surface area contributed by atoms with Crippen molar-refractivity contribution in [2.45, 2.75) is 60.3 Å². The Morgan fingerprint density at radius 1 is 1.06 bits per heavy atom. The van der Waals surface area contributed by atoms with E-state index in [1.807, 2.05) is 6.26 Å². The summed E-state index contributed by atoms with van der Waals surface area (Å²) in [6, 6.07) is 2.20. The molecular formula is C16H26O. The predicted molar refractivity (Wildman–Crippen MR) is 72.2 cm³/mol. The van der Waals surface area contributed by atoms with Crippen LogP contribution in [-0.2, 0) is 6.42 Å². The molecule has 1 heteroatoms. The molecule has 0 radical (unpaired) electrons. The first-order chi connectivity index (χ1) is 7.71. The van der Waals surface area contributed by atoms with Gasteiger partial charge in [0, 0.05) is 6.42 Å². The number of hydrogen-bond donors (Lipinski definition) is 0. The van der Waals surface area contributed by atoms with Gasteiger partial charge in [-0.05, 0) is 40.7 Å². The lowest BCUT2D eigenvalue weighted by Crippen LogP contribution is -2.37. The number of fused-ring (bicyclic) bond motifs is 1. The van der Waals surface area contributed by atoms with E-state index in [1.54, 1.807) is 0 Å². The summed E-state index contributed by atoms with van der Waals surface area (Å²) < 4.78 is 5.64. The van der Waals surface area contributed by atoms with Gasteiger partial charge in [-0.2, -0.15) is 0 Å². The Labute approximate surface area is 106 Å². The quantitative estimate of drug-likeness (QED) is 0.614. The summed E-state index contributed by atoms with van der Waals surface area (Å²) in [6.45, 7) is 14.2. The smallest absolute Gasteiger partial charge is 0.107 e. The van der Waals surface area contributed by atoms with Gasteiger partial charge in [-0.1, -0.05) is 41.5 Å². The van der Waals surface area contributed by atoms with Gasteiger partial charge in [0.25, 0.3) is 0 Å². The van der Waals surface area contributed by atoms with E-state index in [-0.39, 0.29) is 0 Å². The van der Waals surface area contributed by atoms with E-state index in [0.29, 0.717) is 16.7 Å². The number of rotatable bonds is 0. The van der Waals surface area contributed by atoms with Crippen LogP contribution in [0, 0.1) is 16.7 Å².